The highest BCUT2D eigenvalue weighted by Crippen LogP contribution is 2.17. The Hall–Kier alpha value is -2.32. The lowest BCUT2D eigenvalue weighted by Gasteiger charge is -2.15. The van der Waals surface area contributed by atoms with Gasteiger partial charge in [-0.1, -0.05) is 0 Å². The van der Waals surface area contributed by atoms with Crippen molar-refractivity contribution in [2.24, 2.45) is 0 Å². The van der Waals surface area contributed by atoms with Crippen LogP contribution in [0.15, 0.2) is 52.0 Å². The van der Waals surface area contributed by atoms with Crippen molar-refractivity contribution in [3.63, 3.8) is 0 Å². The maximum Gasteiger partial charge on any atom is 0.241 e. The monoisotopic (exact) mass is 366 g/mol. The summed E-state index contributed by atoms with van der Waals surface area (Å²) in [6.45, 7) is 5.44. The normalized spacial score (nSPS) is 12.8. The minimum atomic E-state index is -3.81. The van der Waals surface area contributed by atoms with Gasteiger partial charge in [-0.2, -0.15) is 4.72 Å². The van der Waals surface area contributed by atoms with Crippen molar-refractivity contribution in [1.29, 1.82) is 0 Å². The minimum absolute atomic E-state index is 0.00142. The molecule has 2 N–H and O–H groups in total. The second-order valence-corrected chi connectivity index (χ2v) is 7.49. The van der Waals surface area contributed by atoms with Gasteiger partial charge in [0.25, 0.3) is 0 Å². The molecular weight excluding hydrogens is 344 g/mol. The molecule has 8 heteroatoms. The molecule has 136 valence electrons. The third-order valence-electron chi connectivity index (χ3n) is 3.25. The van der Waals surface area contributed by atoms with Gasteiger partial charge < -0.3 is 14.5 Å². The zero-order valence-electron chi connectivity index (χ0n) is 14.4. The number of furan rings is 1. The Morgan fingerprint density at radius 3 is 2.40 bits per heavy atom. The molecule has 2 aromatic rings. The molecule has 0 radical (unpaired) electrons. The van der Waals surface area contributed by atoms with E-state index < -0.39 is 22.0 Å². The largest absolute Gasteiger partial charge is 0.491 e. The first-order valence-corrected chi connectivity index (χ1v) is 9.35. The number of carbonyl (C=O) groups excluding carboxylic acids is 1. The molecule has 1 atom stereocenters. The zero-order chi connectivity index (χ0) is 18.4. The molecule has 0 aliphatic heterocycles. The van der Waals surface area contributed by atoms with Gasteiger partial charge in [-0.15, -0.1) is 0 Å². The Kier molecular flexibility index (Phi) is 6.22. The van der Waals surface area contributed by atoms with Crippen LogP contribution in [-0.2, 0) is 21.4 Å². The summed E-state index contributed by atoms with van der Waals surface area (Å²) in [4.78, 5) is 12.1. The third kappa shape index (κ3) is 5.61. The molecule has 25 heavy (non-hydrogen) atoms. The van der Waals surface area contributed by atoms with E-state index in [0.29, 0.717) is 11.5 Å². The lowest BCUT2D eigenvalue weighted by Crippen LogP contribution is -2.44. The van der Waals surface area contributed by atoms with Gasteiger partial charge in [0, 0.05) is 0 Å². The van der Waals surface area contributed by atoms with Gasteiger partial charge in [0.15, 0.2) is 0 Å². The molecule has 0 bridgehead atoms. The van der Waals surface area contributed by atoms with Crippen LogP contribution >= 0.6 is 0 Å². The van der Waals surface area contributed by atoms with Crippen molar-refractivity contribution in [2.75, 3.05) is 0 Å². The Morgan fingerprint density at radius 2 is 1.84 bits per heavy atom. The first-order chi connectivity index (χ1) is 11.8. The number of hydrogen-bond donors (Lipinski definition) is 2. The van der Waals surface area contributed by atoms with Crippen LogP contribution in [0.4, 0.5) is 0 Å². The predicted octanol–water partition coefficient (Wildman–Crippen LogP) is 2.05. The first-order valence-electron chi connectivity index (χ1n) is 7.87. The highest BCUT2D eigenvalue weighted by atomic mass is 32.2. The molecule has 0 fully saturated rings. The molecule has 0 saturated heterocycles. The van der Waals surface area contributed by atoms with E-state index in [9.17, 15) is 13.2 Å². The number of sulfonamides is 1. The molecule has 0 aliphatic carbocycles. The van der Waals surface area contributed by atoms with Crippen LogP contribution in [-0.4, -0.2) is 26.5 Å². The summed E-state index contributed by atoms with van der Waals surface area (Å²) < 4.78 is 37.7. The number of carbonyl (C=O) groups is 1. The summed E-state index contributed by atoms with van der Waals surface area (Å²) in [5.74, 6) is 0.724. The van der Waals surface area contributed by atoms with Crippen LogP contribution in [0.2, 0.25) is 0 Å². The van der Waals surface area contributed by atoms with E-state index in [1.54, 1.807) is 24.3 Å². The topological polar surface area (TPSA) is 97.6 Å². The van der Waals surface area contributed by atoms with Gasteiger partial charge in [-0.3, -0.25) is 4.79 Å². The van der Waals surface area contributed by atoms with Gasteiger partial charge in [0.2, 0.25) is 15.9 Å². The summed E-state index contributed by atoms with van der Waals surface area (Å²) in [6.07, 6.45) is 1.50. The summed E-state index contributed by atoms with van der Waals surface area (Å²) >= 11 is 0. The Balaban J connectivity index is 1.95. The lowest BCUT2D eigenvalue weighted by atomic mass is 10.3. The van der Waals surface area contributed by atoms with Crippen molar-refractivity contribution in [3.8, 4) is 5.75 Å². The van der Waals surface area contributed by atoms with E-state index in [0.717, 1.165) is 0 Å². The predicted molar refractivity (Wildman–Crippen MR) is 92.5 cm³/mol. The van der Waals surface area contributed by atoms with Crippen molar-refractivity contribution in [1.82, 2.24) is 10.0 Å². The maximum absolute atomic E-state index is 12.4. The maximum atomic E-state index is 12.4. The van der Waals surface area contributed by atoms with Gasteiger partial charge in [-0.05, 0) is 57.2 Å². The number of rotatable bonds is 8. The smallest absolute Gasteiger partial charge is 0.241 e. The second-order valence-electron chi connectivity index (χ2n) is 5.78. The van der Waals surface area contributed by atoms with Gasteiger partial charge in [-0.25, -0.2) is 8.42 Å². The number of nitrogens with one attached hydrogen (secondary N) is 2. The van der Waals surface area contributed by atoms with E-state index in [1.807, 2.05) is 13.8 Å². The fourth-order valence-electron chi connectivity index (χ4n) is 2.06. The molecule has 1 aromatic heterocycles. The summed E-state index contributed by atoms with van der Waals surface area (Å²) in [5.41, 5.74) is 0. The standard InChI is InChI=1S/C17H22N2O5S/c1-12(2)24-14-6-8-16(9-7-14)25(21,22)19-13(3)17(20)18-11-15-5-4-10-23-15/h4-10,12-13,19H,11H2,1-3H3,(H,18,20)/t13-/m0/s1. The van der Waals surface area contributed by atoms with E-state index in [-0.39, 0.29) is 17.5 Å². The third-order valence-corrected chi connectivity index (χ3v) is 4.80. The van der Waals surface area contributed by atoms with Crippen LogP contribution in [0.5, 0.6) is 5.75 Å². The van der Waals surface area contributed by atoms with E-state index in [4.69, 9.17) is 9.15 Å². The number of hydrogen-bond acceptors (Lipinski definition) is 5. The van der Waals surface area contributed by atoms with Gasteiger partial charge >= 0.3 is 0 Å². The van der Waals surface area contributed by atoms with Crippen molar-refractivity contribution >= 4 is 15.9 Å². The lowest BCUT2D eigenvalue weighted by molar-refractivity contribution is -0.122. The van der Waals surface area contributed by atoms with Crippen LogP contribution in [0.1, 0.15) is 26.5 Å². The molecule has 1 aromatic carbocycles. The van der Waals surface area contributed by atoms with Gasteiger partial charge in [0.1, 0.15) is 11.5 Å². The molecule has 0 unspecified atom stereocenters. The fourth-order valence-corrected chi connectivity index (χ4v) is 3.27. The number of benzene rings is 1. The molecule has 0 aliphatic rings. The van der Waals surface area contributed by atoms with Crippen molar-refractivity contribution in [2.45, 2.75) is 44.4 Å². The Bertz CT molecular complexity index is 783. The number of amides is 1. The van der Waals surface area contributed by atoms with Crippen LogP contribution in [0, 0.1) is 0 Å². The SMILES string of the molecule is CC(C)Oc1ccc(S(=O)(=O)N[C@@H](C)C(=O)NCc2ccco2)cc1. The highest BCUT2D eigenvalue weighted by Gasteiger charge is 2.22. The van der Waals surface area contributed by atoms with E-state index in [1.165, 1.54) is 25.3 Å². The fraction of sp³-hybridized carbons (Fsp3) is 0.353. The molecular formula is C17H22N2O5S. The summed E-state index contributed by atoms with van der Waals surface area (Å²) in [5, 5.41) is 2.61. The van der Waals surface area contributed by atoms with E-state index in [2.05, 4.69) is 10.0 Å². The first kappa shape index (κ1) is 19.0. The summed E-state index contributed by atoms with van der Waals surface area (Å²) in [6, 6.07) is 8.54. The van der Waals surface area contributed by atoms with Crippen molar-refractivity contribution < 1.29 is 22.4 Å². The molecule has 1 amide bonds. The Labute approximate surface area is 147 Å². The van der Waals surface area contributed by atoms with Crippen LogP contribution in [0.25, 0.3) is 0 Å². The number of ether oxygens (including phenoxy) is 1. The molecule has 1 heterocycles. The van der Waals surface area contributed by atoms with E-state index >= 15 is 0 Å². The average molecular weight is 366 g/mol. The molecule has 0 saturated carbocycles. The average Bonchev–Trinajstić information content (AvgIpc) is 3.05. The molecule has 0 spiro atoms. The zero-order valence-corrected chi connectivity index (χ0v) is 15.2. The van der Waals surface area contributed by atoms with Crippen molar-refractivity contribution in [3.05, 3.63) is 48.4 Å². The highest BCUT2D eigenvalue weighted by molar-refractivity contribution is 7.89. The minimum Gasteiger partial charge on any atom is -0.491 e. The molecule has 7 nitrogen and oxygen atoms in total. The quantitative estimate of drug-likeness (QED) is 0.745. The molecule has 2 rings (SSSR count). The van der Waals surface area contributed by atoms with Crippen LogP contribution < -0.4 is 14.8 Å². The van der Waals surface area contributed by atoms with Gasteiger partial charge in [0.05, 0.1) is 29.8 Å². The Morgan fingerprint density at radius 1 is 1.16 bits per heavy atom. The second kappa shape index (κ2) is 8.17. The summed E-state index contributed by atoms with van der Waals surface area (Å²) in [7, 11) is -3.81. The van der Waals surface area contributed by atoms with Crippen LogP contribution in [0.3, 0.4) is 0 Å².